The topological polar surface area (TPSA) is 58.6 Å². The molecule has 0 unspecified atom stereocenters. The van der Waals surface area contributed by atoms with Crippen molar-refractivity contribution in [2.24, 2.45) is 0 Å². The standard InChI is InChI=1S/C14H11N3O/c1-9(18)14-13(12-6-7-15-8-16-12)10-4-2-3-5-11(10)17-14/h2-8,17H,1H3. The first-order valence-electron chi connectivity index (χ1n) is 5.65. The molecule has 0 bridgehead atoms. The summed E-state index contributed by atoms with van der Waals surface area (Å²) in [7, 11) is 0. The molecule has 0 radical (unpaired) electrons. The number of aromatic nitrogens is 3. The van der Waals surface area contributed by atoms with Gasteiger partial charge in [-0.15, -0.1) is 0 Å². The summed E-state index contributed by atoms with van der Waals surface area (Å²) in [6.45, 7) is 1.55. The van der Waals surface area contributed by atoms with Crippen molar-refractivity contribution in [2.45, 2.75) is 6.92 Å². The molecule has 0 atom stereocenters. The van der Waals surface area contributed by atoms with Crippen LogP contribution in [0.4, 0.5) is 0 Å². The van der Waals surface area contributed by atoms with Crippen LogP contribution in [0.15, 0.2) is 42.9 Å². The van der Waals surface area contributed by atoms with Crippen LogP contribution in [0.3, 0.4) is 0 Å². The molecule has 0 aliphatic carbocycles. The third-order valence-electron chi connectivity index (χ3n) is 2.90. The molecule has 0 aliphatic heterocycles. The van der Waals surface area contributed by atoms with Crippen molar-refractivity contribution in [2.75, 3.05) is 0 Å². The SMILES string of the molecule is CC(=O)c1[nH]c2ccccc2c1-c1ccncn1. The Morgan fingerprint density at radius 3 is 2.78 bits per heavy atom. The number of nitrogens with zero attached hydrogens (tertiary/aromatic N) is 2. The van der Waals surface area contributed by atoms with E-state index >= 15 is 0 Å². The Bertz CT molecular complexity index is 716. The quantitative estimate of drug-likeness (QED) is 0.697. The molecule has 4 heteroatoms. The number of hydrogen-bond acceptors (Lipinski definition) is 3. The van der Waals surface area contributed by atoms with Crippen LogP contribution in [0.5, 0.6) is 0 Å². The van der Waals surface area contributed by atoms with E-state index in [0.29, 0.717) is 5.69 Å². The fourth-order valence-electron chi connectivity index (χ4n) is 2.11. The maximum absolute atomic E-state index is 11.7. The molecular formula is C14H11N3O. The number of nitrogens with one attached hydrogen (secondary N) is 1. The van der Waals surface area contributed by atoms with Crippen LogP contribution < -0.4 is 0 Å². The third kappa shape index (κ3) is 1.59. The number of rotatable bonds is 2. The minimum Gasteiger partial charge on any atom is -0.352 e. The maximum atomic E-state index is 11.7. The fourth-order valence-corrected chi connectivity index (χ4v) is 2.11. The summed E-state index contributed by atoms with van der Waals surface area (Å²) in [6, 6.07) is 9.63. The maximum Gasteiger partial charge on any atom is 0.176 e. The van der Waals surface area contributed by atoms with E-state index in [4.69, 9.17) is 0 Å². The summed E-state index contributed by atoms with van der Waals surface area (Å²) in [5.41, 5.74) is 3.14. The molecule has 2 aromatic heterocycles. The Hall–Kier alpha value is -2.49. The van der Waals surface area contributed by atoms with Crippen molar-refractivity contribution >= 4 is 16.7 Å². The van der Waals surface area contributed by atoms with Crippen LogP contribution in [-0.4, -0.2) is 20.7 Å². The van der Waals surface area contributed by atoms with Crippen LogP contribution in [-0.2, 0) is 0 Å². The zero-order chi connectivity index (χ0) is 12.5. The highest BCUT2D eigenvalue weighted by molar-refractivity contribution is 6.09. The van der Waals surface area contributed by atoms with E-state index in [1.807, 2.05) is 30.3 Å². The molecule has 0 spiro atoms. The van der Waals surface area contributed by atoms with Gasteiger partial charge in [0.25, 0.3) is 0 Å². The number of aromatic amines is 1. The molecular weight excluding hydrogens is 226 g/mol. The van der Waals surface area contributed by atoms with Gasteiger partial charge in [-0.3, -0.25) is 4.79 Å². The van der Waals surface area contributed by atoms with E-state index in [9.17, 15) is 4.79 Å². The largest absolute Gasteiger partial charge is 0.352 e. The van der Waals surface area contributed by atoms with Crippen LogP contribution in [0, 0.1) is 0 Å². The molecule has 4 nitrogen and oxygen atoms in total. The average Bonchev–Trinajstić information content (AvgIpc) is 2.79. The number of carbonyl (C=O) groups is 1. The predicted octanol–water partition coefficient (Wildman–Crippen LogP) is 2.83. The number of ketones is 1. The molecule has 3 rings (SSSR count). The molecule has 0 amide bonds. The highest BCUT2D eigenvalue weighted by Gasteiger charge is 2.16. The van der Waals surface area contributed by atoms with Crippen molar-refractivity contribution in [1.29, 1.82) is 0 Å². The lowest BCUT2D eigenvalue weighted by molar-refractivity contribution is 0.101. The second-order valence-electron chi connectivity index (χ2n) is 4.07. The minimum absolute atomic E-state index is 0.000174. The normalized spacial score (nSPS) is 10.7. The smallest absolute Gasteiger partial charge is 0.176 e. The van der Waals surface area contributed by atoms with Gasteiger partial charge in [-0.25, -0.2) is 9.97 Å². The lowest BCUT2D eigenvalue weighted by atomic mass is 10.1. The molecule has 1 aromatic carbocycles. The van der Waals surface area contributed by atoms with Crippen LogP contribution >= 0.6 is 0 Å². The number of fused-ring (bicyclic) bond motifs is 1. The lowest BCUT2D eigenvalue weighted by Gasteiger charge is -2.00. The molecule has 1 N–H and O–H groups in total. The van der Waals surface area contributed by atoms with Crippen LogP contribution in [0.25, 0.3) is 22.2 Å². The van der Waals surface area contributed by atoms with E-state index in [2.05, 4.69) is 15.0 Å². The summed E-state index contributed by atoms with van der Waals surface area (Å²) >= 11 is 0. The number of para-hydroxylation sites is 1. The number of hydrogen-bond donors (Lipinski definition) is 1. The van der Waals surface area contributed by atoms with E-state index in [1.165, 1.54) is 6.33 Å². The Kier molecular flexibility index (Phi) is 2.41. The fraction of sp³-hybridized carbons (Fsp3) is 0.0714. The number of benzene rings is 1. The summed E-state index contributed by atoms with van der Waals surface area (Å²) < 4.78 is 0. The van der Waals surface area contributed by atoms with E-state index in [-0.39, 0.29) is 5.78 Å². The van der Waals surface area contributed by atoms with Gasteiger partial charge in [-0.1, -0.05) is 18.2 Å². The number of H-pyrrole nitrogens is 1. The first-order chi connectivity index (χ1) is 8.77. The minimum atomic E-state index is -0.000174. The van der Waals surface area contributed by atoms with Crippen molar-refractivity contribution in [3.05, 3.63) is 48.5 Å². The van der Waals surface area contributed by atoms with E-state index < -0.39 is 0 Å². The van der Waals surface area contributed by atoms with Crippen molar-refractivity contribution in [3.8, 4) is 11.3 Å². The first kappa shape index (κ1) is 10.7. The summed E-state index contributed by atoms with van der Waals surface area (Å²) in [5, 5.41) is 1.00. The van der Waals surface area contributed by atoms with E-state index in [1.54, 1.807) is 13.1 Å². The second-order valence-corrected chi connectivity index (χ2v) is 4.07. The molecule has 88 valence electrons. The third-order valence-corrected chi connectivity index (χ3v) is 2.90. The van der Waals surface area contributed by atoms with Gasteiger partial charge in [0.1, 0.15) is 6.33 Å². The zero-order valence-corrected chi connectivity index (χ0v) is 9.84. The van der Waals surface area contributed by atoms with Crippen LogP contribution in [0.1, 0.15) is 17.4 Å². The zero-order valence-electron chi connectivity index (χ0n) is 9.84. The second kappa shape index (κ2) is 4.07. The highest BCUT2D eigenvalue weighted by atomic mass is 16.1. The Labute approximate surface area is 104 Å². The van der Waals surface area contributed by atoms with Gasteiger partial charge in [0.15, 0.2) is 5.78 Å². The molecule has 3 aromatic rings. The molecule has 18 heavy (non-hydrogen) atoms. The number of carbonyl (C=O) groups excluding carboxylic acids is 1. The number of Topliss-reactive ketones (excluding diaryl/α,β-unsaturated/α-hetero) is 1. The average molecular weight is 237 g/mol. The van der Waals surface area contributed by atoms with Crippen molar-refractivity contribution < 1.29 is 4.79 Å². The molecule has 0 fully saturated rings. The Morgan fingerprint density at radius 1 is 1.22 bits per heavy atom. The van der Waals surface area contributed by atoms with Crippen LogP contribution in [0.2, 0.25) is 0 Å². The Balaban J connectivity index is 2.38. The first-order valence-corrected chi connectivity index (χ1v) is 5.65. The van der Waals surface area contributed by atoms with Gasteiger partial charge < -0.3 is 4.98 Å². The van der Waals surface area contributed by atoms with Gasteiger partial charge in [0.2, 0.25) is 0 Å². The summed E-state index contributed by atoms with van der Waals surface area (Å²) in [5.74, 6) is -0.000174. The van der Waals surface area contributed by atoms with E-state index in [0.717, 1.165) is 22.2 Å². The van der Waals surface area contributed by atoms with Crippen molar-refractivity contribution in [3.63, 3.8) is 0 Å². The molecule has 0 saturated carbocycles. The highest BCUT2D eigenvalue weighted by Crippen LogP contribution is 2.30. The summed E-state index contributed by atoms with van der Waals surface area (Å²) in [4.78, 5) is 23.0. The molecule has 0 saturated heterocycles. The summed E-state index contributed by atoms with van der Waals surface area (Å²) in [6.07, 6.45) is 3.16. The molecule has 2 heterocycles. The lowest BCUT2D eigenvalue weighted by Crippen LogP contribution is -1.96. The van der Waals surface area contributed by atoms with Gasteiger partial charge in [-0.05, 0) is 12.1 Å². The monoisotopic (exact) mass is 237 g/mol. The van der Waals surface area contributed by atoms with Gasteiger partial charge in [0, 0.05) is 29.6 Å². The predicted molar refractivity (Wildman–Crippen MR) is 69.3 cm³/mol. The Morgan fingerprint density at radius 2 is 2.06 bits per heavy atom. The van der Waals surface area contributed by atoms with Gasteiger partial charge in [-0.2, -0.15) is 0 Å². The van der Waals surface area contributed by atoms with Gasteiger partial charge >= 0.3 is 0 Å². The van der Waals surface area contributed by atoms with Crippen molar-refractivity contribution in [1.82, 2.24) is 15.0 Å². The molecule has 0 aliphatic rings. The van der Waals surface area contributed by atoms with Gasteiger partial charge in [0.05, 0.1) is 11.4 Å².